The molecule has 0 spiro atoms. The van der Waals surface area contributed by atoms with Crippen LogP contribution in [0.25, 0.3) is 0 Å². The Balaban J connectivity index is 1.98. The van der Waals surface area contributed by atoms with Crippen LogP contribution in [0.2, 0.25) is 0 Å². The molecule has 0 fully saturated rings. The molecule has 0 aliphatic heterocycles. The third-order valence-corrected chi connectivity index (χ3v) is 3.72. The molecular formula is C18H20BrNO3. The normalized spacial score (nSPS) is 10.3. The number of hydrogen-bond donors (Lipinski definition) is 1. The van der Waals surface area contributed by atoms with Crippen molar-refractivity contribution in [3.8, 4) is 5.75 Å². The highest BCUT2D eigenvalue weighted by atomic mass is 79.9. The molecule has 2 aromatic carbocycles. The summed E-state index contributed by atoms with van der Waals surface area (Å²) in [5.74, 6) is 0.447. The lowest BCUT2D eigenvalue weighted by Crippen LogP contribution is -2.25. The third kappa shape index (κ3) is 5.69. The molecule has 2 aromatic rings. The second-order valence-electron chi connectivity index (χ2n) is 5.02. The minimum absolute atomic E-state index is 0.133. The van der Waals surface area contributed by atoms with Crippen LogP contribution in [0.4, 0.5) is 0 Å². The van der Waals surface area contributed by atoms with Crippen molar-refractivity contribution < 1.29 is 14.3 Å². The fourth-order valence-corrected chi connectivity index (χ4v) is 2.53. The number of nitrogens with one attached hydrogen (secondary N) is 1. The molecule has 122 valence electrons. The van der Waals surface area contributed by atoms with Gasteiger partial charge in [-0.25, -0.2) is 0 Å². The summed E-state index contributed by atoms with van der Waals surface area (Å²) in [5.41, 5.74) is 1.58. The lowest BCUT2D eigenvalue weighted by atomic mass is 10.2. The van der Waals surface area contributed by atoms with Crippen molar-refractivity contribution in [2.45, 2.75) is 13.0 Å². The van der Waals surface area contributed by atoms with Crippen LogP contribution in [0.3, 0.4) is 0 Å². The molecule has 0 radical (unpaired) electrons. The number of carbonyl (C=O) groups is 1. The highest BCUT2D eigenvalue weighted by molar-refractivity contribution is 9.10. The van der Waals surface area contributed by atoms with E-state index in [0.717, 1.165) is 16.5 Å². The van der Waals surface area contributed by atoms with Gasteiger partial charge in [0, 0.05) is 24.7 Å². The van der Waals surface area contributed by atoms with E-state index in [1.54, 1.807) is 13.2 Å². The summed E-state index contributed by atoms with van der Waals surface area (Å²) < 4.78 is 11.8. The lowest BCUT2D eigenvalue weighted by Gasteiger charge is -2.12. The number of para-hydroxylation sites is 1. The first-order valence-corrected chi connectivity index (χ1v) is 8.23. The summed E-state index contributed by atoms with van der Waals surface area (Å²) >= 11 is 3.44. The lowest BCUT2D eigenvalue weighted by molar-refractivity contribution is 0.0944. The highest BCUT2D eigenvalue weighted by Crippen LogP contribution is 2.20. The Morgan fingerprint density at radius 1 is 1.17 bits per heavy atom. The largest absolute Gasteiger partial charge is 0.488 e. The SMILES string of the molecule is COCCCNC(=O)c1ccccc1OCc1cccc(Br)c1. The van der Waals surface area contributed by atoms with Crippen molar-refractivity contribution in [2.24, 2.45) is 0 Å². The van der Waals surface area contributed by atoms with Gasteiger partial charge in [0.05, 0.1) is 5.56 Å². The summed E-state index contributed by atoms with van der Waals surface area (Å²) in [7, 11) is 1.65. The van der Waals surface area contributed by atoms with Crippen LogP contribution in [0.1, 0.15) is 22.3 Å². The molecule has 0 saturated carbocycles. The summed E-state index contributed by atoms with van der Waals surface area (Å²) in [6.45, 7) is 1.61. The molecule has 1 amide bonds. The predicted molar refractivity (Wildman–Crippen MR) is 93.7 cm³/mol. The van der Waals surface area contributed by atoms with Crippen LogP contribution in [0.15, 0.2) is 53.0 Å². The van der Waals surface area contributed by atoms with Crippen LogP contribution < -0.4 is 10.1 Å². The van der Waals surface area contributed by atoms with Gasteiger partial charge in [-0.2, -0.15) is 0 Å². The molecule has 0 unspecified atom stereocenters. The predicted octanol–water partition coefficient (Wildman–Crippen LogP) is 3.79. The van der Waals surface area contributed by atoms with Crippen LogP contribution in [0, 0.1) is 0 Å². The number of ether oxygens (including phenoxy) is 2. The number of benzene rings is 2. The summed E-state index contributed by atoms with van der Waals surface area (Å²) in [6, 6.07) is 15.2. The molecule has 2 rings (SSSR count). The van der Waals surface area contributed by atoms with E-state index < -0.39 is 0 Å². The Morgan fingerprint density at radius 2 is 2.00 bits per heavy atom. The molecule has 1 N–H and O–H groups in total. The first kappa shape index (κ1) is 17.5. The average molecular weight is 378 g/mol. The van der Waals surface area contributed by atoms with E-state index in [2.05, 4.69) is 21.2 Å². The fraction of sp³-hybridized carbons (Fsp3) is 0.278. The van der Waals surface area contributed by atoms with Crippen molar-refractivity contribution in [1.29, 1.82) is 0 Å². The van der Waals surface area contributed by atoms with Gasteiger partial charge in [0.25, 0.3) is 5.91 Å². The molecule has 4 nitrogen and oxygen atoms in total. The number of carbonyl (C=O) groups excluding carboxylic acids is 1. The topological polar surface area (TPSA) is 47.6 Å². The second-order valence-corrected chi connectivity index (χ2v) is 5.93. The number of methoxy groups -OCH3 is 1. The number of halogens is 1. The van der Waals surface area contributed by atoms with Crippen LogP contribution in [0.5, 0.6) is 5.75 Å². The first-order chi connectivity index (χ1) is 11.2. The average Bonchev–Trinajstić information content (AvgIpc) is 2.57. The fourth-order valence-electron chi connectivity index (χ4n) is 2.08. The molecule has 0 heterocycles. The van der Waals surface area contributed by atoms with Gasteiger partial charge in [0.1, 0.15) is 12.4 Å². The Labute approximate surface area is 144 Å². The van der Waals surface area contributed by atoms with Crippen LogP contribution in [-0.2, 0) is 11.3 Å². The van der Waals surface area contributed by atoms with E-state index in [0.29, 0.717) is 31.1 Å². The van der Waals surface area contributed by atoms with E-state index in [1.165, 1.54) is 0 Å². The molecule has 0 aliphatic rings. The van der Waals surface area contributed by atoms with E-state index in [-0.39, 0.29) is 5.91 Å². The Hall–Kier alpha value is -1.85. The van der Waals surface area contributed by atoms with Crippen molar-refractivity contribution >= 4 is 21.8 Å². The van der Waals surface area contributed by atoms with E-state index in [9.17, 15) is 4.79 Å². The molecule has 0 bridgehead atoms. The summed E-state index contributed by atoms with van der Waals surface area (Å²) in [6.07, 6.45) is 0.781. The number of amides is 1. The van der Waals surface area contributed by atoms with Gasteiger partial charge in [-0.15, -0.1) is 0 Å². The molecule has 5 heteroatoms. The number of rotatable bonds is 8. The maximum absolute atomic E-state index is 12.3. The summed E-state index contributed by atoms with van der Waals surface area (Å²) in [4.78, 5) is 12.3. The van der Waals surface area contributed by atoms with Crippen molar-refractivity contribution in [1.82, 2.24) is 5.32 Å². The first-order valence-electron chi connectivity index (χ1n) is 7.44. The summed E-state index contributed by atoms with van der Waals surface area (Å²) in [5, 5.41) is 2.88. The molecule has 0 aliphatic carbocycles. The van der Waals surface area contributed by atoms with Gasteiger partial charge in [0.2, 0.25) is 0 Å². The third-order valence-electron chi connectivity index (χ3n) is 3.23. The Kier molecular flexibility index (Phi) is 7.10. The van der Waals surface area contributed by atoms with E-state index in [1.807, 2.05) is 42.5 Å². The van der Waals surface area contributed by atoms with Crippen molar-refractivity contribution in [3.05, 3.63) is 64.1 Å². The van der Waals surface area contributed by atoms with Gasteiger partial charge in [-0.05, 0) is 36.2 Å². The van der Waals surface area contributed by atoms with E-state index in [4.69, 9.17) is 9.47 Å². The minimum Gasteiger partial charge on any atom is -0.488 e. The minimum atomic E-state index is -0.133. The zero-order valence-electron chi connectivity index (χ0n) is 13.0. The monoisotopic (exact) mass is 377 g/mol. The highest BCUT2D eigenvalue weighted by Gasteiger charge is 2.11. The Morgan fingerprint density at radius 3 is 2.78 bits per heavy atom. The molecule has 23 heavy (non-hydrogen) atoms. The Bertz CT molecular complexity index is 646. The maximum atomic E-state index is 12.3. The quantitative estimate of drug-likeness (QED) is 0.711. The smallest absolute Gasteiger partial charge is 0.255 e. The zero-order valence-corrected chi connectivity index (χ0v) is 14.6. The molecule has 0 aromatic heterocycles. The van der Waals surface area contributed by atoms with Crippen molar-refractivity contribution in [2.75, 3.05) is 20.3 Å². The van der Waals surface area contributed by atoms with Gasteiger partial charge >= 0.3 is 0 Å². The standard InChI is InChI=1S/C18H20BrNO3/c1-22-11-5-10-20-18(21)16-8-2-3-9-17(16)23-13-14-6-4-7-15(19)12-14/h2-4,6-9,12H,5,10-11,13H2,1H3,(H,20,21). The maximum Gasteiger partial charge on any atom is 0.255 e. The van der Waals surface area contributed by atoms with Crippen molar-refractivity contribution in [3.63, 3.8) is 0 Å². The zero-order chi connectivity index (χ0) is 16.5. The second kappa shape index (κ2) is 9.33. The van der Waals surface area contributed by atoms with Crippen LogP contribution in [-0.4, -0.2) is 26.2 Å². The van der Waals surface area contributed by atoms with Gasteiger partial charge in [-0.3, -0.25) is 4.79 Å². The van der Waals surface area contributed by atoms with Gasteiger partial charge in [0.15, 0.2) is 0 Å². The molecule has 0 atom stereocenters. The molecule has 0 saturated heterocycles. The number of hydrogen-bond acceptors (Lipinski definition) is 3. The van der Waals surface area contributed by atoms with Crippen LogP contribution >= 0.6 is 15.9 Å². The van der Waals surface area contributed by atoms with E-state index >= 15 is 0 Å². The molecular weight excluding hydrogens is 358 g/mol. The van der Waals surface area contributed by atoms with Gasteiger partial charge < -0.3 is 14.8 Å². The van der Waals surface area contributed by atoms with Gasteiger partial charge in [-0.1, -0.05) is 40.2 Å².